The molecule has 1 fully saturated rings. The predicted octanol–water partition coefficient (Wildman–Crippen LogP) is 3.22. The number of aliphatic hydroxyl groups is 1. The standard InChI is InChI=1S/C21H27N3O4.C6H12O/c1-21(2,3)18(19(22)26)23-20(27)16(12-17(25)24-28)11-13-8-9-14-6-4-5-7-15(14)10-13;7-6-4-2-1-3-5-6/h4-10,16,18,28H,11-12H2,1-3H3,(H2,22,26)(H,23,27)(H,24,25);6-7H,1-5H2/t16?,18-;/m1./s1. The van der Waals surface area contributed by atoms with Crippen molar-refractivity contribution in [1.29, 1.82) is 0 Å². The van der Waals surface area contributed by atoms with E-state index in [1.165, 1.54) is 19.3 Å². The third-order valence-electron chi connectivity index (χ3n) is 6.24. The van der Waals surface area contributed by atoms with E-state index in [1.807, 2.05) is 42.5 Å². The van der Waals surface area contributed by atoms with Crippen LogP contribution in [0.15, 0.2) is 42.5 Å². The molecule has 1 unspecified atom stereocenters. The maximum absolute atomic E-state index is 12.8. The molecule has 2 aromatic rings. The van der Waals surface area contributed by atoms with E-state index in [2.05, 4.69) is 5.32 Å². The van der Waals surface area contributed by atoms with Gasteiger partial charge in [0, 0.05) is 6.42 Å². The lowest BCUT2D eigenvalue weighted by atomic mass is 9.85. The molecule has 0 heterocycles. The Hall–Kier alpha value is -2.97. The number of rotatable bonds is 7. The second-order valence-corrected chi connectivity index (χ2v) is 10.3. The Morgan fingerprint density at radius 3 is 2.17 bits per heavy atom. The summed E-state index contributed by atoms with van der Waals surface area (Å²) >= 11 is 0. The lowest BCUT2D eigenvalue weighted by Gasteiger charge is -2.30. The fourth-order valence-corrected chi connectivity index (χ4v) is 4.23. The summed E-state index contributed by atoms with van der Waals surface area (Å²) in [4.78, 5) is 36.3. The first-order valence-electron chi connectivity index (χ1n) is 12.2. The van der Waals surface area contributed by atoms with Gasteiger partial charge in [-0.15, -0.1) is 0 Å². The highest BCUT2D eigenvalue weighted by atomic mass is 16.5. The molecule has 0 bridgehead atoms. The van der Waals surface area contributed by atoms with Crippen molar-refractivity contribution in [1.82, 2.24) is 10.8 Å². The summed E-state index contributed by atoms with van der Waals surface area (Å²) in [5.41, 5.74) is 7.30. The number of hydroxylamine groups is 1. The summed E-state index contributed by atoms with van der Waals surface area (Å²) in [5.74, 6) is -2.54. The molecular weight excluding hydrogens is 446 g/mol. The van der Waals surface area contributed by atoms with Gasteiger partial charge in [-0.2, -0.15) is 0 Å². The summed E-state index contributed by atoms with van der Waals surface area (Å²) in [6, 6.07) is 12.8. The van der Waals surface area contributed by atoms with Crippen molar-refractivity contribution in [3.63, 3.8) is 0 Å². The lowest BCUT2D eigenvalue weighted by Crippen LogP contribution is -2.53. The highest BCUT2D eigenvalue weighted by Crippen LogP contribution is 2.22. The van der Waals surface area contributed by atoms with Crippen LogP contribution in [0.4, 0.5) is 0 Å². The van der Waals surface area contributed by atoms with Crippen LogP contribution in [0.1, 0.15) is 64.9 Å². The number of fused-ring (bicyclic) bond motifs is 1. The van der Waals surface area contributed by atoms with E-state index < -0.39 is 35.1 Å². The number of benzene rings is 2. The normalized spacial score (nSPS) is 15.9. The van der Waals surface area contributed by atoms with Gasteiger partial charge in [0.05, 0.1) is 12.0 Å². The molecule has 0 aromatic heterocycles. The Morgan fingerprint density at radius 1 is 1.03 bits per heavy atom. The average molecular weight is 486 g/mol. The minimum absolute atomic E-state index is 0.0359. The molecule has 0 spiro atoms. The number of nitrogens with one attached hydrogen (secondary N) is 2. The molecule has 35 heavy (non-hydrogen) atoms. The van der Waals surface area contributed by atoms with Crippen molar-refractivity contribution in [2.24, 2.45) is 17.1 Å². The van der Waals surface area contributed by atoms with E-state index in [0.717, 1.165) is 29.2 Å². The summed E-state index contributed by atoms with van der Waals surface area (Å²) in [5, 5.41) is 22.5. The monoisotopic (exact) mass is 485 g/mol. The Kier molecular flexibility index (Phi) is 10.7. The smallest absolute Gasteiger partial charge is 0.244 e. The van der Waals surface area contributed by atoms with Gasteiger partial charge in [0.15, 0.2) is 0 Å². The van der Waals surface area contributed by atoms with Gasteiger partial charge in [-0.1, -0.05) is 82.5 Å². The van der Waals surface area contributed by atoms with Gasteiger partial charge >= 0.3 is 0 Å². The number of hydrogen-bond acceptors (Lipinski definition) is 5. The Morgan fingerprint density at radius 2 is 1.66 bits per heavy atom. The molecule has 3 amide bonds. The molecule has 8 nitrogen and oxygen atoms in total. The molecule has 6 N–H and O–H groups in total. The Bertz CT molecular complexity index is 996. The van der Waals surface area contributed by atoms with Gasteiger partial charge in [0.25, 0.3) is 0 Å². The highest BCUT2D eigenvalue weighted by Gasteiger charge is 2.33. The summed E-state index contributed by atoms with van der Waals surface area (Å²) in [6.45, 7) is 5.38. The van der Waals surface area contributed by atoms with Crippen molar-refractivity contribution in [2.45, 2.75) is 77.9 Å². The van der Waals surface area contributed by atoms with Crippen LogP contribution in [0, 0.1) is 11.3 Å². The third-order valence-corrected chi connectivity index (χ3v) is 6.24. The molecular formula is C27H39N3O5. The van der Waals surface area contributed by atoms with Gasteiger partial charge in [-0.3, -0.25) is 19.6 Å². The zero-order chi connectivity index (χ0) is 26.0. The van der Waals surface area contributed by atoms with Gasteiger partial charge < -0.3 is 16.2 Å². The number of nitrogens with two attached hydrogens (primary N) is 1. The molecule has 0 saturated heterocycles. The fraction of sp³-hybridized carbons (Fsp3) is 0.519. The Labute approximate surface area is 207 Å². The van der Waals surface area contributed by atoms with Crippen LogP contribution < -0.4 is 16.5 Å². The molecule has 1 aliphatic carbocycles. The fourth-order valence-electron chi connectivity index (χ4n) is 4.23. The number of carbonyl (C=O) groups excluding carboxylic acids is 3. The Balaban J connectivity index is 0.000000527. The quantitative estimate of drug-likeness (QED) is 0.302. The van der Waals surface area contributed by atoms with Crippen LogP contribution in [0.5, 0.6) is 0 Å². The molecule has 0 aliphatic heterocycles. The zero-order valence-corrected chi connectivity index (χ0v) is 20.9. The average Bonchev–Trinajstić information content (AvgIpc) is 2.81. The van der Waals surface area contributed by atoms with Crippen molar-refractivity contribution in [2.75, 3.05) is 0 Å². The number of aliphatic hydroxyl groups excluding tert-OH is 1. The van der Waals surface area contributed by atoms with E-state index in [-0.39, 0.29) is 18.9 Å². The van der Waals surface area contributed by atoms with Crippen LogP contribution in [-0.4, -0.2) is 40.2 Å². The van der Waals surface area contributed by atoms with Crippen LogP contribution >= 0.6 is 0 Å². The molecule has 192 valence electrons. The van der Waals surface area contributed by atoms with E-state index in [0.29, 0.717) is 0 Å². The molecule has 8 heteroatoms. The first-order chi connectivity index (χ1) is 16.5. The highest BCUT2D eigenvalue weighted by molar-refractivity contribution is 5.90. The van der Waals surface area contributed by atoms with E-state index >= 15 is 0 Å². The number of primary amides is 1. The first-order valence-corrected chi connectivity index (χ1v) is 12.2. The first kappa shape index (κ1) is 28.3. The maximum atomic E-state index is 12.8. The number of carbonyl (C=O) groups is 3. The minimum atomic E-state index is -0.878. The maximum Gasteiger partial charge on any atom is 0.244 e. The van der Waals surface area contributed by atoms with E-state index in [4.69, 9.17) is 16.0 Å². The zero-order valence-electron chi connectivity index (χ0n) is 20.9. The molecule has 0 radical (unpaired) electrons. The van der Waals surface area contributed by atoms with Crippen molar-refractivity contribution in [3.8, 4) is 0 Å². The van der Waals surface area contributed by atoms with Gasteiger partial charge in [-0.05, 0) is 41.0 Å². The SMILES string of the molecule is CC(C)(C)[C@H](NC(=O)C(CC(=O)NO)Cc1ccc2ccccc2c1)C(N)=O.OC1CCCCC1. The van der Waals surface area contributed by atoms with E-state index in [1.54, 1.807) is 26.3 Å². The summed E-state index contributed by atoms with van der Waals surface area (Å²) in [7, 11) is 0. The van der Waals surface area contributed by atoms with Crippen LogP contribution in [0.25, 0.3) is 10.8 Å². The molecule has 2 aromatic carbocycles. The van der Waals surface area contributed by atoms with Gasteiger partial charge in [-0.25, -0.2) is 5.48 Å². The summed E-state index contributed by atoms with van der Waals surface area (Å²) < 4.78 is 0. The lowest BCUT2D eigenvalue weighted by molar-refractivity contribution is -0.136. The molecule has 3 rings (SSSR count). The predicted molar refractivity (Wildman–Crippen MR) is 135 cm³/mol. The topological polar surface area (TPSA) is 142 Å². The minimum Gasteiger partial charge on any atom is -0.393 e. The third kappa shape index (κ3) is 9.30. The van der Waals surface area contributed by atoms with Crippen LogP contribution in [-0.2, 0) is 20.8 Å². The second-order valence-electron chi connectivity index (χ2n) is 10.3. The van der Waals surface area contributed by atoms with Crippen LogP contribution in [0.3, 0.4) is 0 Å². The largest absolute Gasteiger partial charge is 0.393 e. The van der Waals surface area contributed by atoms with Crippen molar-refractivity contribution in [3.05, 3.63) is 48.0 Å². The van der Waals surface area contributed by atoms with Crippen molar-refractivity contribution < 1.29 is 24.7 Å². The summed E-state index contributed by atoms with van der Waals surface area (Å²) in [6.07, 6.45) is 5.98. The molecule has 1 aliphatic rings. The number of hydrogen-bond donors (Lipinski definition) is 5. The molecule has 1 saturated carbocycles. The van der Waals surface area contributed by atoms with Gasteiger partial charge in [0.2, 0.25) is 17.7 Å². The number of amides is 3. The van der Waals surface area contributed by atoms with Crippen LogP contribution in [0.2, 0.25) is 0 Å². The van der Waals surface area contributed by atoms with Crippen molar-refractivity contribution >= 4 is 28.5 Å². The second kappa shape index (κ2) is 13.2. The molecule has 2 atom stereocenters. The van der Waals surface area contributed by atoms with E-state index in [9.17, 15) is 14.4 Å². The van der Waals surface area contributed by atoms with Gasteiger partial charge in [0.1, 0.15) is 6.04 Å².